The van der Waals surface area contributed by atoms with E-state index in [1.165, 1.54) is 0 Å². The maximum atomic E-state index is 9.26. The summed E-state index contributed by atoms with van der Waals surface area (Å²) in [7, 11) is 0. The van der Waals surface area contributed by atoms with Crippen LogP contribution in [0.15, 0.2) is 72.8 Å². The molecule has 1 N–H and O–H groups in total. The maximum Gasteiger partial charge on any atom is 2.00 e. The summed E-state index contributed by atoms with van der Waals surface area (Å²) < 4.78 is 24.4. The van der Waals surface area contributed by atoms with Crippen molar-refractivity contribution in [2.24, 2.45) is 0 Å². The minimum atomic E-state index is 0. The van der Waals surface area contributed by atoms with E-state index in [0.29, 0.717) is 118 Å². The van der Waals surface area contributed by atoms with Gasteiger partial charge in [0.2, 0.25) is 0 Å². The normalized spacial score (nSPS) is 11.6. The molecule has 0 fully saturated rings. The van der Waals surface area contributed by atoms with Crippen molar-refractivity contribution in [3.8, 4) is 68.5 Å². The summed E-state index contributed by atoms with van der Waals surface area (Å²) in [6.45, 7) is 7.73. The van der Waals surface area contributed by atoms with Crippen LogP contribution in [0.1, 0.15) is 33.6 Å². The predicted octanol–water partition coefficient (Wildman–Crippen LogP) is 7.47. The second-order valence-corrected chi connectivity index (χ2v) is 12.8. The molecule has 0 amide bonds. The molecule has 0 aliphatic carbocycles. The van der Waals surface area contributed by atoms with Crippen LogP contribution in [0.3, 0.4) is 0 Å². The Morgan fingerprint density at radius 1 is 0.518 bits per heavy atom. The number of nitrogens with zero attached hydrogens (tertiary/aromatic N) is 8. The number of aliphatic hydroxyl groups excluding tert-OH is 1. The van der Waals surface area contributed by atoms with Crippen LogP contribution >= 0.6 is 0 Å². The van der Waals surface area contributed by atoms with E-state index in [2.05, 4.69) is 0 Å². The van der Waals surface area contributed by atoms with Crippen molar-refractivity contribution in [3.05, 3.63) is 72.8 Å². The predicted molar refractivity (Wildman–Crippen MR) is 209 cm³/mol. The molecular formula is C42H36N8O5Zn. The van der Waals surface area contributed by atoms with Crippen LogP contribution < -0.4 is 28.9 Å². The van der Waals surface area contributed by atoms with Crippen molar-refractivity contribution in [3.63, 3.8) is 0 Å². The molecule has 0 radical (unpaired) electrons. The fraction of sp³-hybridized carbons (Fsp3) is 0.238. The smallest absolute Gasteiger partial charge is 0.494 e. The fourth-order valence-corrected chi connectivity index (χ4v) is 7.01. The Kier molecular flexibility index (Phi) is 10.3. The maximum absolute atomic E-state index is 9.26. The first-order valence-electron chi connectivity index (χ1n) is 18.5. The first-order valence-corrected chi connectivity index (χ1v) is 18.5. The molecular weight excluding hydrogens is 762 g/mol. The number of rotatable bonds is 11. The summed E-state index contributed by atoms with van der Waals surface area (Å²) in [5, 5.41) is 12.2. The van der Waals surface area contributed by atoms with Gasteiger partial charge in [-0.3, -0.25) is 0 Å². The molecule has 56 heavy (non-hydrogen) atoms. The molecule has 0 spiro atoms. The Morgan fingerprint density at radius 3 is 1.70 bits per heavy atom. The van der Waals surface area contributed by atoms with E-state index >= 15 is 0 Å². The van der Waals surface area contributed by atoms with Crippen LogP contribution in [0, 0.1) is 0 Å². The first-order chi connectivity index (χ1) is 27.1. The van der Waals surface area contributed by atoms with Gasteiger partial charge >= 0.3 is 19.5 Å². The molecule has 3 aromatic heterocycles. The van der Waals surface area contributed by atoms with Crippen molar-refractivity contribution in [1.82, 2.24) is 39.9 Å². The monoisotopic (exact) mass is 796 g/mol. The van der Waals surface area contributed by atoms with Crippen LogP contribution in [-0.4, -0.2) is 68.0 Å². The van der Waals surface area contributed by atoms with Crippen LogP contribution in [-0.2, 0) is 19.5 Å². The number of fused-ring (bicyclic) bond motifs is 20. The van der Waals surface area contributed by atoms with E-state index in [-0.39, 0.29) is 26.1 Å². The Morgan fingerprint density at radius 2 is 1.05 bits per heavy atom. The number of hydrogen-bond acceptors (Lipinski definition) is 11. The van der Waals surface area contributed by atoms with Gasteiger partial charge in [0, 0.05) is 45.7 Å². The summed E-state index contributed by atoms with van der Waals surface area (Å²) in [4.78, 5) is 40.4. The second kappa shape index (κ2) is 15.6. The van der Waals surface area contributed by atoms with E-state index < -0.39 is 0 Å². The van der Waals surface area contributed by atoms with Gasteiger partial charge in [0.25, 0.3) is 0 Å². The minimum absolute atomic E-state index is 0. The van der Waals surface area contributed by atoms with Gasteiger partial charge < -0.3 is 54.0 Å². The number of aliphatic hydroxyl groups is 1. The standard InChI is InChI=1S/C42H36N8O5.Zn/c1-4-52-29-15-9-12-25-32(29)41-46-36(25)44-39-28-22-23(55-21-8-7-20-51)18-19-24(28)35(43-39)45-40-33-26(13-10-16-30(33)53-5-2)37(47-40)49-42-34-27(38(48-41)50-42)14-11-17-31(34)54-6-3;/h9-19,22,51H,4-8,20-21H2,1-3H3;/q-2;+2. The van der Waals surface area contributed by atoms with Gasteiger partial charge in [-0.25, -0.2) is 9.97 Å². The Labute approximate surface area is 334 Å². The van der Waals surface area contributed by atoms with E-state index in [4.69, 9.17) is 58.8 Å². The van der Waals surface area contributed by atoms with Crippen LogP contribution in [0.4, 0.5) is 0 Å². The van der Waals surface area contributed by atoms with Crippen molar-refractivity contribution >= 4 is 44.1 Å². The zero-order valence-corrected chi connectivity index (χ0v) is 34.2. The molecule has 2 aliphatic rings. The Bertz CT molecular complexity index is 2770. The van der Waals surface area contributed by atoms with Gasteiger partial charge in [-0.1, -0.05) is 36.4 Å². The largest absolute Gasteiger partial charge is 2.00 e. The molecule has 7 aromatic rings. The Hall–Kier alpha value is -5.98. The molecule has 0 unspecified atom stereocenters. The van der Waals surface area contributed by atoms with Gasteiger partial charge in [0.15, 0.2) is 0 Å². The minimum Gasteiger partial charge on any atom is -0.494 e. The van der Waals surface area contributed by atoms with E-state index in [0.717, 1.165) is 33.7 Å². The van der Waals surface area contributed by atoms with Crippen LogP contribution in [0.25, 0.3) is 89.7 Å². The fourth-order valence-electron chi connectivity index (χ4n) is 7.01. The summed E-state index contributed by atoms with van der Waals surface area (Å²) >= 11 is 0. The molecule has 8 bridgehead atoms. The number of aromatic nitrogens is 8. The Balaban J connectivity index is 0.00000441. The van der Waals surface area contributed by atoms with Gasteiger partial charge in [-0.05, 0) is 86.2 Å². The molecule has 9 rings (SSSR count). The average Bonchev–Trinajstić information content (AvgIpc) is 3.93. The topological polar surface area (TPSA) is 163 Å². The molecule has 276 valence electrons. The van der Waals surface area contributed by atoms with Gasteiger partial charge in [0.1, 0.15) is 23.0 Å². The van der Waals surface area contributed by atoms with Crippen molar-refractivity contribution in [2.45, 2.75) is 33.6 Å². The first kappa shape index (κ1) is 37.0. The summed E-state index contributed by atoms with van der Waals surface area (Å²) in [6.07, 6.45) is 1.37. The number of ether oxygens (including phenoxy) is 4. The van der Waals surface area contributed by atoms with Gasteiger partial charge in [0.05, 0.1) is 60.9 Å². The number of benzene rings is 4. The summed E-state index contributed by atoms with van der Waals surface area (Å²) in [6, 6.07) is 23.0. The molecule has 0 saturated heterocycles. The molecule has 0 saturated carbocycles. The molecule has 4 aromatic carbocycles. The molecule has 0 atom stereocenters. The zero-order chi connectivity index (χ0) is 37.5. The molecule has 5 heterocycles. The zero-order valence-electron chi connectivity index (χ0n) is 31.2. The molecule has 14 heteroatoms. The van der Waals surface area contributed by atoms with Crippen molar-refractivity contribution in [1.29, 1.82) is 0 Å². The summed E-state index contributed by atoms with van der Waals surface area (Å²) in [5.41, 5.74) is 4.52. The number of hydrogen-bond donors (Lipinski definition) is 1. The third-order valence-corrected chi connectivity index (χ3v) is 9.36. The quantitative estimate of drug-likeness (QED) is 0.101. The van der Waals surface area contributed by atoms with E-state index in [1.807, 2.05) is 93.6 Å². The van der Waals surface area contributed by atoms with Crippen LogP contribution in [0.2, 0.25) is 0 Å². The number of unbranched alkanes of at least 4 members (excludes halogenated alkanes) is 1. The van der Waals surface area contributed by atoms with Crippen molar-refractivity contribution in [2.75, 3.05) is 33.0 Å². The SMILES string of the molecule is CCOc1cccc2c1-c1nc-2nc2[n-]c(nc3nc(nc4[n-]c(n1)c1ccc(OCCCCO)cc41)-c1cccc(OCC)c1-3)c1cccc(OCC)c21.[Zn+2]. The van der Waals surface area contributed by atoms with E-state index in [1.54, 1.807) is 0 Å². The third-order valence-electron chi connectivity index (χ3n) is 9.36. The third kappa shape index (κ3) is 6.48. The van der Waals surface area contributed by atoms with Crippen LogP contribution in [0.5, 0.6) is 23.0 Å². The van der Waals surface area contributed by atoms with E-state index in [9.17, 15) is 5.11 Å². The molecule has 2 aliphatic heterocycles. The average molecular weight is 798 g/mol. The molecule has 13 nitrogen and oxygen atoms in total. The summed E-state index contributed by atoms with van der Waals surface area (Å²) in [5.74, 6) is 4.14. The second-order valence-electron chi connectivity index (χ2n) is 12.8. The van der Waals surface area contributed by atoms with Crippen molar-refractivity contribution < 1.29 is 43.5 Å². The van der Waals surface area contributed by atoms with Gasteiger partial charge in [-0.15, -0.1) is 0 Å². The van der Waals surface area contributed by atoms with Gasteiger partial charge in [-0.2, -0.15) is 0 Å².